The highest BCUT2D eigenvalue weighted by Crippen LogP contribution is 2.33. The molecule has 4 heteroatoms. The Balaban J connectivity index is 2.42. The first-order chi connectivity index (χ1) is 9.69. The smallest absolute Gasteiger partial charge is 0.125 e. The molecule has 1 aromatic carbocycles. The Hall–Kier alpha value is -1.26. The van der Waals surface area contributed by atoms with Crippen LogP contribution in [0.1, 0.15) is 37.0 Å². The van der Waals surface area contributed by atoms with Crippen molar-refractivity contribution >= 4 is 15.9 Å². The molecule has 1 atom stereocenters. The molecular weight excluding hydrogens is 318 g/mol. The highest BCUT2D eigenvalue weighted by Gasteiger charge is 2.20. The topological polar surface area (TPSA) is 34.4 Å². The third kappa shape index (κ3) is 3.25. The minimum Gasteiger partial charge on any atom is -0.494 e. The van der Waals surface area contributed by atoms with Gasteiger partial charge >= 0.3 is 0 Å². The van der Waals surface area contributed by atoms with Gasteiger partial charge in [0.15, 0.2) is 0 Å². The van der Waals surface area contributed by atoms with Gasteiger partial charge in [-0.25, -0.2) is 0 Å². The van der Waals surface area contributed by atoms with Gasteiger partial charge < -0.3 is 14.5 Å². The maximum absolute atomic E-state index is 5.88. The zero-order valence-corrected chi connectivity index (χ0v) is 13.7. The summed E-state index contributed by atoms with van der Waals surface area (Å²) in [6, 6.07) is 10.1. The summed E-state index contributed by atoms with van der Waals surface area (Å²) < 4.78 is 12.6. The zero-order valence-electron chi connectivity index (χ0n) is 12.1. The van der Waals surface area contributed by atoms with E-state index < -0.39 is 0 Å². The summed E-state index contributed by atoms with van der Waals surface area (Å²) in [7, 11) is 1.93. The first-order valence-electron chi connectivity index (χ1n) is 6.87. The molecule has 0 fully saturated rings. The van der Waals surface area contributed by atoms with Crippen molar-refractivity contribution in [1.29, 1.82) is 0 Å². The van der Waals surface area contributed by atoms with Crippen molar-refractivity contribution < 1.29 is 9.15 Å². The van der Waals surface area contributed by atoms with Crippen LogP contribution in [0.25, 0.3) is 0 Å². The van der Waals surface area contributed by atoms with E-state index >= 15 is 0 Å². The molecule has 0 radical (unpaired) electrons. The second kappa shape index (κ2) is 6.95. The number of hydrogen-bond donors (Lipinski definition) is 1. The number of rotatable bonds is 6. The summed E-state index contributed by atoms with van der Waals surface area (Å²) in [5, 5.41) is 3.30. The van der Waals surface area contributed by atoms with Crippen LogP contribution in [0.15, 0.2) is 39.2 Å². The van der Waals surface area contributed by atoms with Gasteiger partial charge in [-0.15, -0.1) is 0 Å². The van der Waals surface area contributed by atoms with Crippen molar-refractivity contribution in [2.24, 2.45) is 0 Å². The molecule has 0 saturated carbocycles. The van der Waals surface area contributed by atoms with E-state index in [-0.39, 0.29) is 6.04 Å². The van der Waals surface area contributed by atoms with Crippen LogP contribution in [0.3, 0.4) is 0 Å². The summed E-state index contributed by atoms with van der Waals surface area (Å²) in [4.78, 5) is 0. The van der Waals surface area contributed by atoms with E-state index in [1.807, 2.05) is 38.2 Å². The van der Waals surface area contributed by atoms with Gasteiger partial charge in [0.2, 0.25) is 0 Å². The maximum Gasteiger partial charge on any atom is 0.125 e. The van der Waals surface area contributed by atoms with E-state index in [0.29, 0.717) is 6.61 Å². The number of furan rings is 1. The Morgan fingerprint density at radius 3 is 2.65 bits per heavy atom. The standard InChI is InChI=1S/C16H20BrNO2/c1-4-12-7-9-15(20-12)16(18-3)13-10-11(17)6-8-14(13)19-5-2/h6-10,16,18H,4-5H2,1-3H3. The molecule has 2 aromatic rings. The molecule has 20 heavy (non-hydrogen) atoms. The first-order valence-corrected chi connectivity index (χ1v) is 7.67. The lowest BCUT2D eigenvalue weighted by Gasteiger charge is -2.18. The third-order valence-corrected chi connectivity index (χ3v) is 3.68. The Morgan fingerprint density at radius 1 is 1.25 bits per heavy atom. The average Bonchev–Trinajstić information content (AvgIpc) is 2.91. The fraction of sp³-hybridized carbons (Fsp3) is 0.375. The molecule has 0 aliphatic heterocycles. The molecule has 0 spiro atoms. The quantitative estimate of drug-likeness (QED) is 0.852. The van der Waals surface area contributed by atoms with E-state index in [1.165, 1.54) is 0 Å². The molecule has 1 N–H and O–H groups in total. The molecule has 0 amide bonds. The lowest BCUT2D eigenvalue weighted by molar-refractivity contribution is 0.330. The molecule has 1 unspecified atom stereocenters. The molecule has 2 rings (SSSR count). The van der Waals surface area contributed by atoms with Crippen molar-refractivity contribution in [2.45, 2.75) is 26.3 Å². The summed E-state index contributed by atoms with van der Waals surface area (Å²) in [6.45, 7) is 4.72. The third-order valence-electron chi connectivity index (χ3n) is 3.19. The number of benzene rings is 1. The van der Waals surface area contributed by atoms with Crippen LogP contribution in [-0.2, 0) is 6.42 Å². The number of hydrogen-bond acceptors (Lipinski definition) is 3. The van der Waals surface area contributed by atoms with Crippen molar-refractivity contribution in [3.05, 3.63) is 51.9 Å². The van der Waals surface area contributed by atoms with Gasteiger partial charge in [-0.1, -0.05) is 22.9 Å². The van der Waals surface area contributed by atoms with Gasteiger partial charge in [-0.3, -0.25) is 0 Å². The first kappa shape index (κ1) is 15.1. The summed E-state index contributed by atoms with van der Waals surface area (Å²) in [6.07, 6.45) is 0.896. The van der Waals surface area contributed by atoms with Crippen LogP contribution in [0, 0.1) is 0 Å². The average molecular weight is 338 g/mol. The number of ether oxygens (including phenoxy) is 1. The van der Waals surface area contributed by atoms with Gasteiger partial charge in [0.25, 0.3) is 0 Å². The van der Waals surface area contributed by atoms with Crippen LogP contribution in [-0.4, -0.2) is 13.7 Å². The van der Waals surface area contributed by atoms with E-state index in [4.69, 9.17) is 9.15 Å². The van der Waals surface area contributed by atoms with Gasteiger partial charge in [0.05, 0.1) is 12.6 Å². The van der Waals surface area contributed by atoms with Crippen LogP contribution in [0.4, 0.5) is 0 Å². The summed E-state index contributed by atoms with van der Waals surface area (Å²) in [5.41, 5.74) is 1.07. The minimum atomic E-state index is -0.0191. The van der Waals surface area contributed by atoms with E-state index in [9.17, 15) is 0 Å². The van der Waals surface area contributed by atoms with Crippen molar-refractivity contribution in [3.8, 4) is 5.75 Å². The minimum absolute atomic E-state index is 0.0191. The Labute approximate surface area is 128 Å². The molecule has 1 aromatic heterocycles. The lowest BCUT2D eigenvalue weighted by atomic mass is 10.0. The Kier molecular flexibility index (Phi) is 5.26. The van der Waals surface area contributed by atoms with Crippen molar-refractivity contribution in [3.63, 3.8) is 0 Å². The van der Waals surface area contributed by atoms with Gasteiger partial charge in [-0.2, -0.15) is 0 Å². The molecule has 0 bridgehead atoms. The Morgan fingerprint density at radius 2 is 2.05 bits per heavy atom. The van der Waals surface area contributed by atoms with Crippen LogP contribution < -0.4 is 10.1 Å². The van der Waals surface area contributed by atoms with Gasteiger partial charge in [0.1, 0.15) is 17.3 Å². The van der Waals surface area contributed by atoms with Crippen LogP contribution in [0.2, 0.25) is 0 Å². The van der Waals surface area contributed by atoms with Crippen LogP contribution in [0.5, 0.6) is 5.75 Å². The van der Waals surface area contributed by atoms with Crippen LogP contribution >= 0.6 is 15.9 Å². The van der Waals surface area contributed by atoms with E-state index in [1.54, 1.807) is 0 Å². The van der Waals surface area contributed by atoms with Gasteiger partial charge in [0, 0.05) is 16.5 Å². The monoisotopic (exact) mass is 337 g/mol. The normalized spacial score (nSPS) is 12.4. The number of aryl methyl sites for hydroxylation is 1. The summed E-state index contributed by atoms with van der Waals surface area (Å²) >= 11 is 3.52. The largest absolute Gasteiger partial charge is 0.494 e. The second-order valence-corrected chi connectivity index (χ2v) is 5.41. The second-order valence-electron chi connectivity index (χ2n) is 4.49. The van der Waals surface area contributed by atoms with Gasteiger partial charge in [-0.05, 0) is 44.3 Å². The molecule has 0 aliphatic carbocycles. The summed E-state index contributed by atoms with van der Waals surface area (Å²) in [5.74, 6) is 2.78. The fourth-order valence-electron chi connectivity index (χ4n) is 2.22. The zero-order chi connectivity index (χ0) is 14.5. The Bertz CT molecular complexity index is 565. The molecule has 108 valence electrons. The van der Waals surface area contributed by atoms with Crippen molar-refractivity contribution in [1.82, 2.24) is 5.32 Å². The number of halogens is 1. The maximum atomic E-state index is 5.88. The number of nitrogens with one attached hydrogen (secondary N) is 1. The molecule has 0 aliphatic rings. The molecule has 1 heterocycles. The van der Waals surface area contributed by atoms with Crippen molar-refractivity contribution in [2.75, 3.05) is 13.7 Å². The highest BCUT2D eigenvalue weighted by atomic mass is 79.9. The predicted molar refractivity (Wildman–Crippen MR) is 84.3 cm³/mol. The predicted octanol–water partition coefficient (Wildman–Crippen LogP) is 4.31. The fourth-order valence-corrected chi connectivity index (χ4v) is 2.60. The molecule has 3 nitrogen and oxygen atoms in total. The highest BCUT2D eigenvalue weighted by molar-refractivity contribution is 9.10. The molecule has 0 saturated heterocycles. The lowest BCUT2D eigenvalue weighted by Crippen LogP contribution is -2.18. The molecular formula is C16H20BrNO2. The van der Waals surface area contributed by atoms with E-state index in [2.05, 4.69) is 34.2 Å². The van der Waals surface area contributed by atoms with E-state index in [0.717, 1.165) is 33.7 Å². The SMILES string of the molecule is CCOc1ccc(Br)cc1C(NC)c1ccc(CC)o1.